The van der Waals surface area contributed by atoms with Crippen molar-refractivity contribution in [2.75, 3.05) is 25.6 Å². The highest BCUT2D eigenvalue weighted by Crippen LogP contribution is 2.35. The van der Waals surface area contributed by atoms with Gasteiger partial charge in [-0.1, -0.05) is 29.8 Å². The van der Waals surface area contributed by atoms with Crippen molar-refractivity contribution in [1.29, 1.82) is 0 Å². The second-order valence-electron chi connectivity index (χ2n) is 4.98. The minimum absolute atomic E-state index is 0.120. The lowest BCUT2D eigenvalue weighted by Gasteiger charge is -2.11. The summed E-state index contributed by atoms with van der Waals surface area (Å²) in [5.41, 5.74) is 4.01. The molecule has 132 valence electrons. The molecule has 0 atom stereocenters. The van der Waals surface area contributed by atoms with Crippen molar-refractivity contribution in [3.63, 3.8) is 0 Å². The molecule has 0 aliphatic heterocycles. The van der Waals surface area contributed by atoms with Crippen LogP contribution < -0.4 is 20.2 Å². The van der Waals surface area contributed by atoms with E-state index in [4.69, 9.17) is 21.1 Å². The molecule has 0 bridgehead atoms. The Balaban J connectivity index is 1.93. The monoisotopic (exact) mass is 361 g/mol. The van der Waals surface area contributed by atoms with E-state index in [1.54, 1.807) is 12.1 Å². The molecule has 2 N–H and O–H groups in total. The van der Waals surface area contributed by atoms with E-state index in [0.29, 0.717) is 28.7 Å². The number of hydrogen-bond donors (Lipinski definition) is 2. The van der Waals surface area contributed by atoms with Crippen molar-refractivity contribution in [1.82, 2.24) is 5.43 Å². The lowest BCUT2D eigenvalue weighted by Crippen LogP contribution is -2.25. The molecule has 0 heterocycles. The van der Waals surface area contributed by atoms with E-state index < -0.39 is 0 Å². The molecule has 0 saturated carbocycles. The minimum Gasteiger partial charge on any atom is -0.491 e. The van der Waals surface area contributed by atoms with Crippen LogP contribution in [-0.2, 0) is 4.79 Å². The third-order valence-electron chi connectivity index (χ3n) is 3.17. The summed E-state index contributed by atoms with van der Waals surface area (Å²) in [7, 11) is 1.53. The standard InChI is InChI=1S/C18H20ClN3O3/c1-3-25-16-10-13(9-15(19)18(16)24-2)11-21-22-17(23)12-20-14-7-5-4-6-8-14/h4-11,20H,3,12H2,1-2H3,(H,22,23)/b21-11-. The Morgan fingerprint density at radius 3 is 2.72 bits per heavy atom. The molecule has 2 aromatic carbocycles. The van der Waals surface area contributed by atoms with E-state index in [1.165, 1.54) is 13.3 Å². The number of para-hydroxylation sites is 1. The average molecular weight is 362 g/mol. The predicted molar refractivity (Wildman–Crippen MR) is 99.8 cm³/mol. The molecule has 25 heavy (non-hydrogen) atoms. The number of hydrogen-bond acceptors (Lipinski definition) is 5. The average Bonchev–Trinajstić information content (AvgIpc) is 2.61. The van der Waals surface area contributed by atoms with Crippen LogP contribution in [0.1, 0.15) is 12.5 Å². The molecule has 7 heteroatoms. The lowest BCUT2D eigenvalue weighted by atomic mass is 10.2. The molecule has 2 rings (SSSR count). The van der Waals surface area contributed by atoms with Crippen molar-refractivity contribution in [2.24, 2.45) is 5.10 Å². The van der Waals surface area contributed by atoms with Gasteiger partial charge in [-0.25, -0.2) is 5.43 Å². The molecule has 1 amide bonds. The summed E-state index contributed by atoms with van der Waals surface area (Å²) in [6.07, 6.45) is 1.49. The summed E-state index contributed by atoms with van der Waals surface area (Å²) in [6, 6.07) is 12.9. The van der Waals surface area contributed by atoms with Crippen molar-refractivity contribution < 1.29 is 14.3 Å². The van der Waals surface area contributed by atoms with Crippen LogP contribution in [0.15, 0.2) is 47.6 Å². The van der Waals surface area contributed by atoms with Gasteiger partial charge in [-0.15, -0.1) is 0 Å². The molecule has 6 nitrogen and oxygen atoms in total. The third-order valence-corrected chi connectivity index (χ3v) is 3.45. The Morgan fingerprint density at radius 2 is 2.04 bits per heavy atom. The number of anilines is 1. The summed E-state index contributed by atoms with van der Waals surface area (Å²) in [6.45, 7) is 2.47. The fraction of sp³-hybridized carbons (Fsp3) is 0.222. The number of nitrogens with zero attached hydrogens (tertiary/aromatic N) is 1. The molecular weight excluding hydrogens is 342 g/mol. The van der Waals surface area contributed by atoms with Crippen LogP contribution in [0.3, 0.4) is 0 Å². The van der Waals surface area contributed by atoms with E-state index in [-0.39, 0.29) is 12.5 Å². The Kier molecular flexibility index (Phi) is 7.10. The zero-order chi connectivity index (χ0) is 18.1. The number of methoxy groups -OCH3 is 1. The maximum Gasteiger partial charge on any atom is 0.259 e. The maximum atomic E-state index is 11.8. The van der Waals surface area contributed by atoms with Gasteiger partial charge < -0.3 is 14.8 Å². The van der Waals surface area contributed by atoms with Gasteiger partial charge in [0.05, 0.1) is 31.5 Å². The van der Waals surface area contributed by atoms with Crippen molar-refractivity contribution in [3.8, 4) is 11.5 Å². The van der Waals surface area contributed by atoms with Crippen LogP contribution >= 0.6 is 11.6 Å². The van der Waals surface area contributed by atoms with Crippen LogP contribution in [-0.4, -0.2) is 32.4 Å². The van der Waals surface area contributed by atoms with Crippen LogP contribution in [0.5, 0.6) is 11.5 Å². The SMILES string of the molecule is CCOc1cc(/C=N\NC(=O)CNc2ccccc2)cc(Cl)c1OC. The fourth-order valence-corrected chi connectivity index (χ4v) is 2.38. The van der Waals surface area contributed by atoms with Crippen molar-refractivity contribution in [2.45, 2.75) is 6.92 Å². The molecule has 0 aromatic heterocycles. The van der Waals surface area contributed by atoms with E-state index >= 15 is 0 Å². The largest absolute Gasteiger partial charge is 0.491 e. The van der Waals surface area contributed by atoms with Gasteiger partial charge in [-0.2, -0.15) is 5.10 Å². The quantitative estimate of drug-likeness (QED) is 0.559. The van der Waals surface area contributed by atoms with Gasteiger partial charge in [-0.3, -0.25) is 4.79 Å². The minimum atomic E-state index is -0.259. The summed E-state index contributed by atoms with van der Waals surface area (Å²) in [4.78, 5) is 11.8. The van der Waals surface area contributed by atoms with Gasteiger partial charge in [-0.05, 0) is 36.8 Å². The predicted octanol–water partition coefficient (Wildman–Crippen LogP) is 3.31. The summed E-state index contributed by atoms with van der Waals surface area (Å²) in [5.74, 6) is 0.734. The Bertz CT molecular complexity index is 736. The first kappa shape index (κ1) is 18.6. The van der Waals surface area contributed by atoms with Crippen LogP contribution in [0.2, 0.25) is 5.02 Å². The second kappa shape index (κ2) is 9.54. The van der Waals surface area contributed by atoms with Crippen molar-refractivity contribution >= 4 is 29.4 Å². The lowest BCUT2D eigenvalue weighted by molar-refractivity contribution is -0.119. The van der Waals surface area contributed by atoms with Crippen LogP contribution in [0.25, 0.3) is 0 Å². The fourth-order valence-electron chi connectivity index (χ4n) is 2.08. The number of hydrazone groups is 1. The molecule has 0 aliphatic carbocycles. The second-order valence-corrected chi connectivity index (χ2v) is 5.39. The molecule has 2 aromatic rings. The van der Waals surface area contributed by atoms with E-state index in [1.807, 2.05) is 37.3 Å². The number of amides is 1. The highest BCUT2D eigenvalue weighted by atomic mass is 35.5. The zero-order valence-corrected chi connectivity index (χ0v) is 14.8. The summed E-state index contributed by atoms with van der Waals surface area (Å²) < 4.78 is 10.7. The van der Waals surface area contributed by atoms with Gasteiger partial charge in [0.1, 0.15) is 0 Å². The van der Waals surface area contributed by atoms with E-state index in [0.717, 1.165) is 5.69 Å². The van der Waals surface area contributed by atoms with Gasteiger partial charge in [0.25, 0.3) is 5.91 Å². The first-order valence-electron chi connectivity index (χ1n) is 7.75. The normalized spacial score (nSPS) is 10.5. The Hall–Kier alpha value is -2.73. The van der Waals surface area contributed by atoms with Gasteiger partial charge in [0.2, 0.25) is 0 Å². The number of rotatable bonds is 8. The zero-order valence-electron chi connectivity index (χ0n) is 14.1. The Labute approximate surface area is 151 Å². The summed E-state index contributed by atoms with van der Waals surface area (Å²) in [5, 5.41) is 7.34. The number of halogens is 1. The number of benzene rings is 2. The molecule has 0 aliphatic rings. The van der Waals surface area contributed by atoms with Gasteiger partial charge in [0.15, 0.2) is 11.5 Å². The molecule has 0 spiro atoms. The van der Waals surface area contributed by atoms with Crippen molar-refractivity contribution in [3.05, 3.63) is 53.1 Å². The van der Waals surface area contributed by atoms with E-state index in [2.05, 4.69) is 15.8 Å². The van der Waals surface area contributed by atoms with E-state index in [9.17, 15) is 4.79 Å². The smallest absolute Gasteiger partial charge is 0.259 e. The van der Waals surface area contributed by atoms with Gasteiger partial charge in [0, 0.05) is 5.69 Å². The third kappa shape index (κ3) is 5.69. The number of nitrogens with one attached hydrogen (secondary N) is 2. The number of ether oxygens (including phenoxy) is 2. The summed E-state index contributed by atoms with van der Waals surface area (Å²) >= 11 is 6.17. The molecule has 0 fully saturated rings. The highest BCUT2D eigenvalue weighted by Gasteiger charge is 2.10. The molecule has 0 radical (unpaired) electrons. The maximum absolute atomic E-state index is 11.8. The number of carbonyl (C=O) groups is 1. The first-order chi connectivity index (χ1) is 12.1. The molecule has 0 unspecified atom stereocenters. The van der Waals surface area contributed by atoms with Gasteiger partial charge >= 0.3 is 0 Å². The topological polar surface area (TPSA) is 72.0 Å². The Morgan fingerprint density at radius 1 is 1.28 bits per heavy atom. The molecule has 0 saturated heterocycles. The highest BCUT2D eigenvalue weighted by molar-refractivity contribution is 6.32. The van der Waals surface area contributed by atoms with Crippen LogP contribution in [0.4, 0.5) is 5.69 Å². The number of carbonyl (C=O) groups excluding carboxylic acids is 1. The first-order valence-corrected chi connectivity index (χ1v) is 8.13. The van der Waals surface area contributed by atoms with Crippen LogP contribution in [0, 0.1) is 0 Å². The molecular formula is C18H20ClN3O3.